The zero-order chi connectivity index (χ0) is 16.6. The summed E-state index contributed by atoms with van der Waals surface area (Å²) in [5.41, 5.74) is -0.797. The third-order valence-electron chi connectivity index (χ3n) is 4.95. The first-order valence-electron chi connectivity index (χ1n) is 7.67. The fourth-order valence-corrected chi connectivity index (χ4v) is 3.85. The van der Waals surface area contributed by atoms with E-state index >= 15 is 0 Å². The molecule has 1 saturated carbocycles. The number of carbonyl (C=O) groups is 3. The third-order valence-corrected chi connectivity index (χ3v) is 4.95. The van der Waals surface area contributed by atoms with E-state index in [0.29, 0.717) is 12.8 Å². The van der Waals surface area contributed by atoms with Crippen LogP contribution in [-0.4, -0.2) is 54.4 Å². The number of rotatable bonds is 0. The highest BCUT2D eigenvalue weighted by atomic mass is 16.6. The first-order valence-corrected chi connectivity index (χ1v) is 7.67. The second kappa shape index (κ2) is 5.75. The van der Waals surface area contributed by atoms with Crippen molar-refractivity contribution in [2.75, 3.05) is 14.2 Å². The number of fused-ring (bicyclic) bond motifs is 2. The van der Waals surface area contributed by atoms with Gasteiger partial charge in [0.2, 0.25) is 6.23 Å². The largest absolute Gasteiger partial charge is 0.452 e. The van der Waals surface area contributed by atoms with Crippen LogP contribution in [0.5, 0.6) is 0 Å². The van der Waals surface area contributed by atoms with Gasteiger partial charge in [-0.25, -0.2) is 14.5 Å². The van der Waals surface area contributed by atoms with Gasteiger partial charge in [0.15, 0.2) is 0 Å². The van der Waals surface area contributed by atoms with Gasteiger partial charge in [0.05, 0.1) is 19.6 Å². The molecule has 3 aliphatic rings. The minimum absolute atomic E-state index is 0.362. The Labute approximate surface area is 133 Å². The molecule has 23 heavy (non-hydrogen) atoms. The number of nitrogens with zero attached hydrogens (tertiary/aromatic N) is 2. The van der Waals surface area contributed by atoms with Crippen LogP contribution in [-0.2, 0) is 19.0 Å². The summed E-state index contributed by atoms with van der Waals surface area (Å²) >= 11 is 0. The van der Waals surface area contributed by atoms with Crippen LogP contribution in [0.3, 0.4) is 0 Å². The van der Waals surface area contributed by atoms with E-state index in [4.69, 9.17) is 14.2 Å². The van der Waals surface area contributed by atoms with Gasteiger partial charge in [-0.1, -0.05) is 19.3 Å². The maximum Gasteiger partial charge on any atom is 0.416 e. The zero-order valence-corrected chi connectivity index (χ0v) is 13.2. The van der Waals surface area contributed by atoms with Gasteiger partial charge in [0.1, 0.15) is 6.04 Å². The summed E-state index contributed by atoms with van der Waals surface area (Å²) in [6.07, 6.45) is 4.78. The van der Waals surface area contributed by atoms with Gasteiger partial charge in [0.25, 0.3) is 0 Å². The maximum atomic E-state index is 12.6. The molecule has 2 aliphatic heterocycles. The second-order valence-electron chi connectivity index (χ2n) is 6.01. The van der Waals surface area contributed by atoms with Gasteiger partial charge in [-0.2, -0.15) is 0 Å². The minimum atomic E-state index is -0.892. The van der Waals surface area contributed by atoms with Gasteiger partial charge < -0.3 is 14.2 Å². The average Bonchev–Trinajstić information content (AvgIpc) is 2.86. The van der Waals surface area contributed by atoms with Crippen LogP contribution >= 0.6 is 0 Å². The molecular formula is C15H20N2O6. The van der Waals surface area contributed by atoms with Crippen molar-refractivity contribution in [1.82, 2.24) is 9.80 Å². The minimum Gasteiger partial charge on any atom is -0.452 e. The summed E-state index contributed by atoms with van der Waals surface area (Å²) in [5, 5.41) is 0. The zero-order valence-electron chi connectivity index (χ0n) is 13.2. The van der Waals surface area contributed by atoms with Crippen molar-refractivity contribution in [2.45, 2.75) is 44.4 Å². The average molecular weight is 324 g/mol. The van der Waals surface area contributed by atoms with E-state index in [9.17, 15) is 14.4 Å². The van der Waals surface area contributed by atoms with Crippen molar-refractivity contribution < 1.29 is 28.6 Å². The monoisotopic (exact) mass is 324 g/mol. The van der Waals surface area contributed by atoms with Gasteiger partial charge in [-0.3, -0.25) is 9.69 Å². The molecule has 1 saturated heterocycles. The Hall–Kier alpha value is -2.25. The molecular weight excluding hydrogens is 304 g/mol. The molecule has 8 nitrogen and oxygen atoms in total. The first kappa shape index (κ1) is 15.6. The Bertz CT molecular complexity index is 554. The van der Waals surface area contributed by atoms with E-state index in [2.05, 4.69) is 0 Å². The number of hydrogen-bond donors (Lipinski definition) is 0. The van der Waals surface area contributed by atoms with Crippen LogP contribution in [0, 0.1) is 5.41 Å². The number of hydrogen-bond acceptors (Lipinski definition) is 6. The second-order valence-corrected chi connectivity index (χ2v) is 6.01. The molecule has 1 aliphatic carbocycles. The molecule has 1 spiro atoms. The number of ether oxygens (including phenoxy) is 3. The Morgan fingerprint density at radius 1 is 1.09 bits per heavy atom. The normalized spacial score (nSPS) is 28.3. The van der Waals surface area contributed by atoms with Crippen molar-refractivity contribution in [3.8, 4) is 0 Å². The Kier molecular flexibility index (Phi) is 3.91. The summed E-state index contributed by atoms with van der Waals surface area (Å²) in [7, 11) is 2.54. The molecule has 0 bridgehead atoms. The van der Waals surface area contributed by atoms with Crippen LogP contribution < -0.4 is 0 Å². The molecule has 8 heteroatoms. The van der Waals surface area contributed by atoms with E-state index in [1.54, 1.807) is 0 Å². The molecule has 0 radical (unpaired) electrons. The summed E-state index contributed by atoms with van der Waals surface area (Å²) in [6.45, 7) is 0. The molecule has 0 aromatic carbocycles. The summed E-state index contributed by atoms with van der Waals surface area (Å²) in [6, 6.07) is -0.605. The van der Waals surface area contributed by atoms with E-state index in [-0.39, 0.29) is 5.97 Å². The lowest BCUT2D eigenvalue weighted by Gasteiger charge is -2.43. The highest BCUT2D eigenvalue weighted by molar-refractivity contribution is 5.84. The first-order chi connectivity index (χ1) is 11.0. The Morgan fingerprint density at radius 3 is 2.26 bits per heavy atom. The molecule has 126 valence electrons. The lowest BCUT2D eigenvalue weighted by atomic mass is 9.69. The molecule has 2 heterocycles. The predicted octanol–water partition coefficient (Wildman–Crippen LogP) is 1.81. The van der Waals surface area contributed by atoms with Gasteiger partial charge in [-0.15, -0.1) is 0 Å². The predicted molar refractivity (Wildman–Crippen MR) is 76.8 cm³/mol. The Morgan fingerprint density at radius 2 is 1.65 bits per heavy atom. The molecule has 2 amide bonds. The van der Waals surface area contributed by atoms with Crippen molar-refractivity contribution in [3.05, 3.63) is 12.4 Å². The van der Waals surface area contributed by atoms with Gasteiger partial charge >= 0.3 is 18.2 Å². The van der Waals surface area contributed by atoms with Gasteiger partial charge in [0, 0.05) is 12.4 Å². The van der Waals surface area contributed by atoms with Crippen LogP contribution in [0.25, 0.3) is 0 Å². The van der Waals surface area contributed by atoms with Gasteiger partial charge in [-0.05, 0) is 12.8 Å². The van der Waals surface area contributed by atoms with E-state index < -0.39 is 29.9 Å². The summed E-state index contributed by atoms with van der Waals surface area (Å²) in [5.74, 6) is -0.362. The smallest absolute Gasteiger partial charge is 0.416 e. The number of esters is 1. The lowest BCUT2D eigenvalue weighted by molar-refractivity contribution is -0.153. The van der Waals surface area contributed by atoms with Crippen molar-refractivity contribution >= 4 is 18.2 Å². The standard InChI is InChI=1S/C15H20N2O6/c1-21-13(19)16-8-9-17(14(20)22-2)11-10(16)15(12(18)23-11)6-4-3-5-7-15/h8-11H,3-7H2,1-2H3. The van der Waals surface area contributed by atoms with Crippen LogP contribution in [0.4, 0.5) is 9.59 Å². The van der Waals surface area contributed by atoms with E-state index in [1.807, 2.05) is 0 Å². The van der Waals surface area contributed by atoms with E-state index in [0.717, 1.165) is 19.3 Å². The highest BCUT2D eigenvalue weighted by Gasteiger charge is 2.63. The summed E-state index contributed by atoms with van der Waals surface area (Å²) < 4.78 is 15.1. The Balaban J connectivity index is 2.03. The van der Waals surface area contributed by atoms with E-state index in [1.165, 1.54) is 36.4 Å². The molecule has 2 unspecified atom stereocenters. The van der Waals surface area contributed by atoms with Crippen molar-refractivity contribution in [1.29, 1.82) is 0 Å². The summed E-state index contributed by atoms with van der Waals surface area (Å²) in [4.78, 5) is 39.3. The fourth-order valence-electron chi connectivity index (χ4n) is 3.85. The van der Waals surface area contributed by atoms with Crippen LogP contribution in [0.15, 0.2) is 12.4 Å². The quantitative estimate of drug-likeness (QED) is 0.499. The number of carbonyl (C=O) groups excluding carboxylic acids is 3. The molecule has 0 aromatic rings. The van der Waals surface area contributed by atoms with Crippen LogP contribution in [0.1, 0.15) is 32.1 Å². The number of amides is 2. The lowest BCUT2D eigenvalue weighted by Crippen LogP contribution is -2.58. The number of methoxy groups -OCH3 is 2. The van der Waals surface area contributed by atoms with Crippen molar-refractivity contribution in [3.63, 3.8) is 0 Å². The molecule has 0 N–H and O–H groups in total. The molecule has 2 fully saturated rings. The maximum absolute atomic E-state index is 12.6. The third kappa shape index (κ3) is 2.24. The highest BCUT2D eigenvalue weighted by Crippen LogP contribution is 2.50. The molecule has 0 aromatic heterocycles. The molecule has 3 rings (SSSR count). The SMILES string of the molecule is COC(=O)N1C=CN(C(=O)OC)C2C1OC(=O)C21CCCCC1. The molecule has 2 atom stereocenters. The topological polar surface area (TPSA) is 85.4 Å². The van der Waals surface area contributed by atoms with Crippen LogP contribution in [0.2, 0.25) is 0 Å². The van der Waals surface area contributed by atoms with Crippen molar-refractivity contribution in [2.24, 2.45) is 5.41 Å². The fraction of sp³-hybridized carbons (Fsp3) is 0.667.